The van der Waals surface area contributed by atoms with E-state index >= 15 is 0 Å². The first-order valence-electron chi connectivity index (χ1n) is 7.08. The largest absolute Gasteiger partial charge is 0.464 e. The lowest BCUT2D eigenvalue weighted by Gasteiger charge is -2.05. The Kier molecular flexibility index (Phi) is 4.06. The first-order valence-corrected chi connectivity index (χ1v) is 7.96. The van der Waals surface area contributed by atoms with Gasteiger partial charge in [0.05, 0.1) is 17.2 Å². The third-order valence-corrected chi connectivity index (χ3v) is 4.11. The molecule has 0 radical (unpaired) electrons. The topological polar surface area (TPSA) is 38.1 Å². The lowest BCUT2D eigenvalue weighted by atomic mass is 10.1. The maximum absolute atomic E-state index is 5.68. The molecule has 0 amide bonds. The monoisotopic (exact) mass is 298 g/mol. The summed E-state index contributed by atoms with van der Waals surface area (Å²) in [5.41, 5.74) is 3.28. The zero-order chi connectivity index (χ0) is 14.7. The van der Waals surface area contributed by atoms with E-state index in [-0.39, 0.29) is 0 Å². The highest BCUT2D eigenvalue weighted by Crippen LogP contribution is 2.23. The second kappa shape index (κ2) is 6.14. The van der Waals surface area contributed by atoms with Crippen LogP contribution >= 0.6 is 11.3 Å². The Morgan fingerprint density at radius 3 is 2.48 bits per heavy atom. The first-order chi connectivity index (χ1) is 10.2. The van der Waals surface area contributed by atoms with Gasteiger partial charge in [-0.05, 0) is 31.2 Å². The van der Waals surface area contributed by atoms with Crippen LogP contribution in [0.5, 0.6) is 0 Å². The Hall–Kier alpha value is -2.07. The summed E-state index contributed by atoms with van der Waals surface area (Å²) in [4.78, 5) is 4.50. The summed E-state index contributed by atoms with van der Waals surface area (Å²) in [6.07, 6.45) is 0.932. The van der Waals surface area contributed by atoms with Crippen LogP contribution in [-0.4, -0.2) is 4.98 Å². The summed E-state index contributed by atoms with van der Waals surface area (Å²) < 4.78 is 5.68. The molecule has 108 valence electrons. The highest BCUT2D eigenvalue weighted by molar-refractivity contribution is 7.09. The highest BCUT2D eigenvalue weighted by Gasteiger charge is 2.03. The van der Waals surface area contributed by atoms with Gasteiger partial charge in [0.1, 0.15) is 11.5 Å². The van der Waals surface area contributed by atoms with Gasteiger partial charge < -0.3 is 9.73 Å². The smallest absolute Gasteiger partial charge is 0.123 e. The molecule has 0 unspecified atom stereocenters. The van der Waals surface area contributed by atoms with Gasteiger partial charge in [0, 0.05) is 23.1 Å². The summed E-state index contributed by atoms with van der Waals surface area (Å²) in [7, 11) is 0. The van der Waals surface area contributed by atoms with Gasteiger partial charge >= 0.3 is 0 Å². The first kappa shape index (κ1) is 13.9. The van der Waals surface area contributed by atoms with Crippen molar-refractivity contribution in [2.24, 2.45) is 0 Å². The minimum Gasteiger partial charge on any atom is -0.464 e. The van der Waals surface area contributed by atoms with E-state index in [2.05, 4.69) is 46.9 Å². The van der Waals surface area contributed by atoms with Crippen molar-refractivity contribution in [2.75, 3.05) is 5.32 Å². The van der Waals surface area contributed by atoms with Crippen LogP contribution in [-0.2, 0) is 13.0 Å². The average molecular weight is 298 g/mol. The Labute approximate surface area is 128 Å². The van der Waals surface area contributed by atoms with Crippen LogP contribution in [0, 0.1) is 6.92 Å². The molecule has 0 atom stereocenters. The SMILES string of the molecule is CCc1ccc(CNc2ccc(-c3csc(C)n3)cc2)o1. The number of nitrogens with one attached hydrogen (secondary N) is 1. The number of furan rings is 1. The molecule has 0 aliphatic carbocycles. The molecule has 1 aromatic carbocycles. The quantitative estimate of drug-likeness (QED) is 0.729. The molecule has 2 aromatic heterocycles. The number of hydrogen-bond donors (Lipinski definition) is 1. The summed E-state index contributed by atoms with van der Waals surface area (Å²) in [5, 5.41) is 6.56. The molecule has 2 heterocycles. The average Bonchev–Trinajstić information content (AvgIpc) is 3.14. The van der Waals surface area contributed by atoms with Crippen LogP contribution in [0.2, 0.25) is 0 Å². The van der Waals surface area contributed by atoms with Crippen molar-refractivity contribution >= 4 is 17.0 Å². The molecule has 21 heavy (non-hydrogen) atoms. The van der Waals surface area contributed by atoms with Crippen LogP contribution < -0.4 is 5.32 Å². The standard InChI is InChI=1S/C17H18N2OS/c1-3-15-8-9-16(20-15)10-18-14-6-4-13(5-7-14)17-11-21-12(2)19-17/h4-9,11,18H,3,10H2,1-2H3. The van der Waals surface area contributed by atoms with E-state index in [9.17, 15) is 0 Å². The maximum Gasteiger partial charge on any atom is 0.123 e. The lowest BCUT2D eigenvalue weighted by Crippen LogP contribution is -1.97. The molecule has 3 aromatic rings. The molecule has 0 fully saturated rings. The third-order valence-electron chi connectivity index (χ3n) is 3.33. The van der Waals surface area contributed by atoms with Crippen molar-refractivity contribution in [3.63, 3.8) is 0 Å². The van der Waals surface area contributed by atoms with Gasteiger partial charge in [-0.3, -0.25) is 0 Å². The predicted molar refractivity (Wildman–Crippen MR) is 87.7 cm³/mol. The molecule has 3 rings (SSSR count). The van der Waals surface area contributed by atoms with Gasteiger partial charge in [0.25, 0.3) is 0 Å². The van der Waals surface area contributed by atoms with E-state index in [1.54, 1.807) is 11.3 Å². The minimum absolute atomic E-state index is 0.704. The Morgan fingerprint density at radius 1 is 1.10 bits per heavy atom. The molecule has 1 N–H and O–H groups in total. The molecular weight excluding hydrogens is 280 g/mol. The second-order valence-corrected chi connectivity index (χ2v) is 5.97. The second-order valence-electron chi connectivity index (χ2n) is 4.90. The molecule has 0 aliphatic rings. The number of aromatic nitrogens is 1. The molecule has 0 aliphatic heterocycles. The fraction of sp³-hybridized carbons (Fsp3) is 0.235. The van der Waals surface area contributed by atoms with Crippen LogP contribution in [0.15, 0.2) is 46.2 Å². The molecule has 4 heteroatoms. The summed E-state index contributed by atoms with van der Waals surface area (Å²) in [6, 6.07) is 12.4. The van der Waals surface area contributed by atoms with Gasteiger partial charge in [0.2, 0.25) is 0 Å². The van der Waals surface area contributed by atoms with E-state index in [1.165, 1.54) is 0 Å². The highest BCUT2D eigenvalue weighted by atomic mass is 32.1. The minimum atomic E-state index is 0.704. The van der Waals surface area contributed by atoms with E-state index < -0.39 is 0 Å². The van der Waals surface area contributed by atoms with E-state index in [1.807, 2.05) is 19.1 Å². The fourth-order valence-electron chi connectivity index (χ4n) is 2.15. The van der Waals surface area contributed by atoms with Crippen molar-refractivity contribution in [3.8, 4) is 11.3 Å². The van der Waals surface area contributed by atoms with Crippen LogP contribution in [0.25, 0.3) is 11.3 Å². The van der Waals surface area contributed by atoms with E-state index in [0.717, 1.165) is 39.9 Å². The zero-order valence-corrected chi connectivity index (χ0v) is 13.0. The molecule has 0 bridgehead atoms. The Morgan fingerprint density at radius 2 is 1.86 bits per heavy atom. The summed E-state index contributed by atoms with van der Waals surface area (Å²) in [5.74, 6) is 1.99. The lowest BCUT2D eigenvalue weighted by molar-refractivity contribution is 0.476. The number of anilines is 1. The number of rotatable bonds is 5. The third kappa shape index (κ3) is 3.34. The van der Waals surface area contributed by atoms with Crippen molar-refractivity contribution in [3.05, 3.63) is 58.3 Å². The van der Waals surface area contributed by atoms with Gasteiger partial charge in [-0.15, -0.1) is 11.3 Å². The van der Waals surface area contributed by atoms with Crippen molar-refractivity contribution in [2.45, 2.75) is 26.8 Å². The number of nitrogens with zero attached hydrogens (tertiary/aromatic N) is 1. The van der Waals surface area contributed by atoms with Crippen molar-refractivity contribution < 1.29 is 4.42 Å². The van der Waals surface area contributed by atoms with E-state index in [4.69, 9.17) is 4.42 Å². The van der Waals surface area contributed by atoms with Gasteiger partial charge in [-0.25, -0.2) is 4.98 Å². The number of hydrogen-bond acceptors (Lipinski definition) is 4. The molecule has 0 spiro atoms. The van der Waals surface area contributed by atoms with Gasteiger partial charge in [-0.1, -0.05) is 19.1 Å². The molecular formula is C17H18N2OS. The number of thiazole rings is 1. The Bertz CT molecular complexity index is 712. The van der Waals surface area contributed by atoms with Gasteiger partial charge in [-0.2, -0.15) is 0 Å². The molecule has 3 nitrogen and oxygen atoms in total. The van der Waals surface area contributed by atoms with Crippen LogP contribution in [0.3, 0.4) is 0 Å². The maximum atomic E-state index is 5.68. The van der Waals surface area contributed by atoms with Crippen molar-refractivity contribution in [1.82, 2.24) is 4.98 Å². The molecule has 0 saturated carbocycles. The zero-order valence-electron chi connectivity index (χ0n) is 12.2. The predicted octanol–water partition coefficient (Wildman–Crippen LogP) is 4.89. The number of benzene rings is 1. The van der Waals surface area contributed by atoms with Crippen molar-refractivity contribution in [1.29, 1.82) is 0 Å². The fourth-order valence-corrected chi connectivity index (χ4v) is 2.77. The molecule has 0 saturated heterocycles. The Balaban J connectivity index is 1.64. The normalized spacial score (nSPS) is 10.8. The summed E-state index contributed by atoms with van der Waals surface area (Å²) in [6.45, 7) is 4.82. The number of aryl methyl sites for hydroxylation is 2. The van der Waals surface area contributed by atoms with Crippen LogP contribution in [0.4, 0.5) is 5.69 Å². The van der Waals surface area contributed by atoms with E-state index in [0.29, 0.717) is 6.54 Å². The van der Waals surface area contributed by atoms with Gasteiger partial charge in [0.15, 0.2) is 0 Å². The summed E-state index contributed by atoms with van der Waals surface area (Å²) >= 11 is 1.68. The van der Waals surface area contributed by atoms with Crippen LogP contribution in [0.1, 0.15) is 23.5 Å².